The van der Waals surface area contributed by atoms with E-state index in [-0.39, 0.29) is 5.91 Å². The molecule has 0 saturated heterocycles. The molecule has 1 heterocycles. The highest BCUT2D eigenvalue weighted by Gasteiger charge is 2.03. The molecule has 1 aromatic heterocycles. The second-order valence-corrected chi connectivity index (χ2v) is 3.40. The van der Waals surface area contributed by atoms with Crippen molar-refractivity contribution in [2.75, 3.05) is 20.6 Å². The average molecular weight is 197 g/mol. The maximum Gasteiger partial charge on any atom is 0.234 e. The summed E-state index contributed by atoms with van der Waals surface area (Å²) in [5, 5.41) is 10.4. The van der Waals surface area contributed by atoms with Gasteiger partial charge in [0.15, 0.2) is 0 Å². The Kier molecular flexibility index (Phi) is 3.58. The molecule has 0 aliphatic heterocycles. The van der Waals surface area contributed by atoms with Gasteiger partial charge in [0, 0.05) is 13.2 Å². The Morgan fingerprint density at radius 3 is 2.86 bits per heavy atom. The minimum atomic E-state index is -0.0133. The molecule has 0 fully saturated rings. The minimum Gasteiger partial charge on any atom is -0.349 e. The Bertz CT molecular complexity index is 306. The van der Waals surface area contributed by atoms with Gasteiger partial charge in [-0.3, -0.25) is 9.48 Å². The Morgan fingerprint density at radius 2 is 2.36 bits per heavy atom. The molecule has 1 amide bonds. The number of hydrogen-bond acceptors (Lipinski definition) is 4. The van der Waals surface area contributed by atoms with Crippen molar-refractivity contribution in [3.05, 3.63) is 11.9 Å². The van der Waals surface area contributed by atoms with Gasteiger partial charge in [-0.1, -0.05) is 5.21 Å². The molecule has 0 aromatic carbocycles. The standard InChI is InChI=1S/C8H15N5O/c1-12(2)6-8(14)9-4-7-5-13(3)11-10-7/h5H,4,6H2,1-3H3,(H,9,14). The van der Waals surface area contributed by atoms with Crippen LogP contribution in [-0.4, -0.2) is 46.4 Å². The van der Waals surface area contributed by atoms with Crippen molar-refractivity contribution in [1.82, 2.24) is 25.2 Å². The van der Waals surface area contributed by atoms with E-state index in [2.05, 4.69) is 15.6 Å². The molecule has 0 aliphatic carbocycles. The van der Waals surface area contributed by atoms with E-state index in [1.54, 1.807) is 17.9 Å². The van der Waals surface area contributed by atoms with E-state index in [0.29, 0.717) is 13.1 Å². The summed E-state index contributed by atoms with van der Waals surface area (Å²) in [6.45, 7) is 0.820. The van der Waals surface area contributed by atoms with Gasteiger partial charge in [-0.05, 0) is 14.1 Å². The molecule has 6 nitrogen and oxygen atoms in total. The van der Waals surface area contributed by atoms with E-state index in [0.717, 1.165) is 5.69 Å². The van der Waals surface area contributed by atoms with Crippen LogP contribution in [0.25, 0.3) is 0 Å². The zero-order valence-electron chi connectivity index (χ0n) is 8.69. The maximum atomic E-state index is 11.2. The van der Waals surface area contributed by atoms with Gasteiger partial charge in [-0.25, -0.2) is 0 Å². The normalized spacial score (nSPS) is 10.6. The third-order valence-corrected chi connectivity index (χ3v) is 1.58. The first-order chi connectivity index (χ1) is 6.58. The molecule has 0 spiro atoms. The number of hydrogen-bond donors (Lipinski definition) is 1. The molecule has 14 heavy (non-hydrogen) atoms. The fraction of sp³-hybridized carbons (Fsp3) is 0.625. The molecule has 0 radical (unpaired) electrons. The zero-order chi connectivity index (χ0) is 10.6. The van der Waals surface area contributed by atoms with E-state index in [1.165, 1.54) is 0 Å². The highest BCUT2D eigenvalue weighted by Crippen LogP contribution is 1.89. The smallest absolute Gasteiger partial charge is 0.234 e. The number of aromatic nitrogens is 3. The van der Waals surface area contributed by atoms with Gasteiger partial charge >= 0.3 is 0 Å². The van der Waals surface area contributed by atoms with Gasteiger partial charge in [0.25, 0.3) is 0 Å². The van der Waals surface area contributed by atoms with Crippen LogP contribution in [0.3, 0.4) is 0 Å². The van der Waals surface area contributed by atoms with Crippen molar-refractivity contribution in [1.29, 1.82) is 0 Å². The molecule has 1 aromatic rings. The van der Waals surface area contributed by atoms with E-state index >= 15 is 0 Å². The van der Waals surface area contributed by atoms with Gasteiger partial charge < -0.3 is 10.2 Å². The van der Waals surface area contributed by atoms with Gasteiger partial charge in [-0.15, -0.1) is 5.10 Å². The van der Waals surface area contributed by atoms with Crippen LogP contribution < -0.4 is 5.32 Å². The Balaban J connectivity index is 2.30. The quantitative estimate of drug-likeness (QED) is 0.672. The van der Waals surface area contributed by atoms with E-state index in [4.69, 9.17) is 0 Å². The average Bonchev–Trinajstić information content (AvgIpc) is 2.47. The van der Waals surface area contributed by atoms with Crippen molar-refractivity contribution in [2.45, 2.75) is 6.54 Å². The number of aryl methyl sites for hydroxylation is 1. The van der Waals surface area contributed by atoms with Crippen LogP contribution in [0.15, 0.2) is 6.20 Å². The lowest BCUT2D eigenvalue weighted by molar-refractivity contribution is -0.121. The predicted octanol–water partition coefficient (Wildman–Crippen LogP) is -1.01. The molecule has 78 valence electrons. The third-order valence-electron chi connectivity index (χ3n) is 1.58. The number of carbonyl (C=O) groups is 1. The van der Waals surface area contributed by atoms with Crippen LogP contribution in [0, 0.1) is 0 Å². The molecular weight excluding hydrogens is 182 g/mol. The largest absolute Gasteiger partial charge is 0.349 e. The molecule has 0 unspecified atom stereocenters. The molecule has 1 N–H and O–H groups in total. The molecule has 6 heteroatoms. The number of carbonyl (C=O) groups excluding carboxylic acids is 1. The summed E-state index contributed by atoms with van der Waals surface area (Å²) < 4.78 is 1.60. The lowest BCUT2D eigenvalue weighted by atomic mass is 10.4. The Labute approximate surface area is 82.9 Å². The summed E-state index contributed by atoms with van der Waals surface area (Å²) in [7, 11) is 5.49. The first kappa shape index (κ1) is 10.6. The molecule has 0 saturated carbocycles. The molecule has 1 rings (SSSR count). The van der Waals surface area contributed by atoms with Gasteiger partial charge in [0.05, 0.1) is 13.1 Å². The number of rotatable bonds is 4. The lowest BCUT2D eigenvalue weighted by Crippen LogP contribution is -2.32. The van der Waals surface area contributed by atoms with Crippen molar-refractivity contribution < 1.29 is 4.79 Å². The lowest BCUT2D eigenvalue weighted by Gasteiger charge is -2.08. The summed E-state index contributed by atoms with van der Waals surface area (Å²) in [6.07, 6.45) is 1.77. The van der Waals surface area contributed by atoms with Crippen LogP contribution in [0.1, 0.15) is 5.69 Å². The van der Waals surface area contributed by atoms with Gasteiger partial charge in [-0.2, -0.15) is 0 Å². The van der Waals surface area contributed by atoms with Crippen LogP contribution in [0.2, 0.25) is 0 Å². The maximum absolute atomic E-state index is 11.2. The molecular formula is C8H15N5O. The van der Waals surface area contributed by atoms with Crippen LogP contribution in [-0.2, 0) is 18.4 Å². The summed E-state index contributed by atoms with van der Waals surface area (Å²) in [5.74, 6) is -0.0133. The summed E-state index contributed by atoms with van der Waals surface area (Å²) in [6, 6.07) is 0. The fourth-order valence-electron chi connectivity index (χ4n) is 1.01. The number of nitrogens with one attached hydrogen (secondary N) is 1. The monoisotopic (exact) mass is 197 g/mol. The van der Waals surface area contributed by atoms with E-state index < -0.39 is 0 Å². The van der Waals surface area contributed by atoms with Crippen molar-refractivity contribution in [2.24, 2.45) is 7.05 Å². The topological polar surface area (TPSA) is 63.1 Å². The first-order valence-electron chi connectivity index (χ1n) is 4.34. The van der Waals surface area contributed by atoms with Crippen molar-refractivity contribution >= 4 is 5.91 Å². The van der Waals surface area contributed by atoms with Crippen LogP contribution in [0.4, 0.5) is 0 Å². The van der Waals surface area contributed by atoms with Crippen molar-refractivity contribution in [3.63, 3.8) is 0 Å². The number of likely N-dealkylation sites (N-methyl/N-ethyl adjacent to an activating group) is 1. The Hall–Kier alpha value is -1.43. The second kappa shape index (κ2) is 4.71. The summed E-state index contributed by atoms with van der Waals surface area (Å²) in [5.41, 5.74) is 0.764. The predicted molar refractivity (Wildman–Crippen MR) is 51.4 cm³/mol. The molecule has 0 aliphatic rings. The van der Waals surface area contributed by atoms with Crippen molar-refractivity contribution in [3.8, 4) is 0 Å². The highest BCUT2D eigenvalue weighted by atomic mass is 16.2. The van der Waals surface area contributed by atoms with Gasteiger partial charge in [0.1, 0.15) is 5.69 Å². The number of nitrogens with zero attached hydrogens (tertiary/aromatic N) is 4. The van der Waals surface area contributed by atoms with E-state index in [9.17, 15) is 4.79 Å². The van der Waals surface area contributed by atoms with Crippen LogP contribution in [0.5, 0.6) is 0 Å². The third kappa shape index (κ3) is 3.53. The minimum absolute atomic E-state index is 0.0133. The Morgan fingerprint density at radius 1 is 1.64 bits per heavy atom. The second-order valence-electron chi connectivity index (χ2n) is 3.40. The molecule has 0 atom stereocenters. The fourth-order valence-corrected chi connectivity index (χ4v) is 1.01. The van der Waals surface area contributed by atoms with Gasteiger partial charge in [0.2, 0.25) is 5.91 Å². The zero-order valence-corrected chi connectivity index (χ0v) is 8.69. The highest BCUT2D eigenvalue weighted by molar-refractivity contribution is 5.77. The first-order valence-corrected chi connectivity index (χ1v) is 4.34. The molecule has 0 bridgehead atoms. The number of amides is 1. The summed E-state index contributed by atoms with van der Waals surface area (Å²) >= 11 is 0. The van der Waals surface area contributed by atoms with E-state index in [1.807, 2.05) is 19.0 Å². The summed E-state index contributed by atoms with van der Waals surface area (Å²) in [4.78, 5) is 13.0. The SMILES string of the molecule is CN(C)CC(=O)NCc1cn(C)nn1. The van der Waals surface area contributed by atoms with Crippen LogP contribution >= 0.6 is 0 Å².